The zero-order chi connectivity index (χ0) is 24.5. The molecule has 3 atom stereocenters. The number of likely N-dealkylation sites (N-methyl/N-ethyl adjacent to an activating group) is 1. The lowest BCUT2D eigenvalue weighted by molar-refractivity contribution is -0.143. The Morgan fingerprint density at radius 1 is 1.16 bits per heavy atom. The van der Waals surface area contributed by atoms with E-state index in [0.717, 1.165) is 12.8 Å². The number of hydrogen-bond donors (Lipinski definition) is 4. The maximum atomic E-state index is 13.3. The predicted molar refractivity (Wildman–Crippen MR) is 121 cm³/mol. The van der Waals surface area contributed by atoms with Crippen molar-refractivity contribution in [1.29, 1.82) is 0 Å². The molecule has 0 radical (unpaired) electrons. The number of carbonyl (C=O) groups is 3. The van der Waals surface area contributed by atoms with Gasteiger partial charge in [0.15, 0.2) is 0 Å². The largest absolute Gasteiger partial charge is 0.508 e. The Bertz CT molecular complexity index is 777. The van der Waals surface area contributed by atoms with E-state index in [0.29, 0.717) is 5.56 Å². The van der Waals surface area contributed by atoms with Gasteiger partial charge in [-0.25, -0.2) is 4.79 Å². The van der Waals surface area contributed by atoms with Crippen molar-refractivity contribution in [1.82, 2.24) is 15.5 Å². The lowest BCUT2D eigenvalue weighted by atomic mass is 10.0. The van der Waals surface area contributed by atoms with Crippen molar-refractivity contribution in [2.24, 2.45) is 0 Å². The van der Waals surface area contributed by atoms with Crippen molar-refractivity contribution in [2.45, 2.75) is 78.1 Å². The normalized spacial score (nSPS) is 14.1. The van der Waals surface area contributed by atoms with Gasteiger partial charge in [0.2, 0.25) is 11.8 Å². The molecule has 0 saturated heterocycles. The highest BCUT2D eigenvalue weighted by Gasteiger charge is 2.35. The molecule has 0 aliphatic carbocycles. The average molecular weight is 452 g/mol. The first-order valence-corrected chi connectivity index (χ1v) is 10.9. The van der Waals surface area contributed by atoms with E-state index in [-0.39, 0.29) is 18.3 Å². The second kappa shape index (κ2) is 12.3. The summed E-state index contributed by atoms with van der Waals surface area (Å²) >= 11 is 0. The summed E-state index contributed by atoms with van der Waals surface area (Å²) in [5.74, 6) is -1.11. The van der Waals surface area contributed by atoms with Crippen LogP contribution in [0.1, 0.15) is 66.0 Å². The molecule has 3 amide bonds. The summed E-state index contributed by atoms with van der Waals surface area (Å²) in [6, 6.07) is 3.63. The highest BCUT2D eigenvalue weighted by atomic mass is 16.6. The molecule has 1 aromatic rings. The molecule has 9 nitrogen and oxygen atoms in total. The Hall–Kier alpha value is -2.81. The summed E-state index contributed by atoms with van der Waals surface area (Å²) in [6.45, 7) is 10.1. The van der Waals surface area contributed by atoms with Crippen molar-refractivity contribution in [3.05, 3.63) is 29.8 Å². The number of benzene rings is 1. The molecule has 0 aliphatic rings. The number of nitrogens with zero attached hydrogens (tertiary/aromatic N) is 1. The molecule has 4 N–H and O–H groups in total. The molecular weight excluding hydrogens is 414 g/mol. The van der Waals surface area contributed by atoms with Gasteiger partial charge in [-0.2, -0.15) is 0 Å². The molecule has 0 aromatic heterocycles. The van der Waals surface area contributed by atoms with Gasteiger partial charge in [-0.15, -0.1) is 0 Å². The molecule has 0 aliphatic heterocycles. The van der Waals surface area contributed by atoms with Crippen molar-refractivity contribution in [2.75, 3.05) is 13.2 Å². The Labute approximate surface area is 190 Å². The van der Waals surface area contributed by atoms with E-state index in [1.807, 2.05) is 13.8 Å². The molecular formula is C23H37N3O6. The number of aliphatic hydroxyl groups excluding tert-OH is 1. The van der Waals surface area contributed by atoms with Crippen LogP contribution in [0.5, 0.6) is 5.75 Å². The zero-order valence-electron chi connectivity index (χ0n) is 19.8. The van der Waals surface area contributed by atoms with E-state index in [1.165, 1.54) is 17.0 Å². The first-order valence-electron chi connectivity index (χ1n) is 10.9. The second-order valence-corrected chi connectivity index (χ2v) is 8.70. The minimum absolute atomic E-state index is 0.0454. The van der Waals surface area contributed by atoms with Gasteiger partial charge in [0.1, 0.15) is 23.4 Å². The zero-order valence-corrected chi connectivity index (χ0v) is 19.8. The third-order valence-corrected chi connectivity index (χ3v) is 4.65. The smallest absolute Gasteiger partial charge is 0.408 e. The average Bonchev–Trinajstić information content (AvgIpc) is 2.68. The minimum Gasteiger partial charge on any atom is -0.508 e. The summed E-state index contributed by atoms with van der Waals surface area (Å²) in [5.41, 5.74) is -0.368. The number of rotatable bonds is 10. The van der Waals surface area contributed by atoms with E-state index in [2.05, 4.69) is 10.6 Å². The summed E-state index contributed by atoms with van der Waals surface area (Å²) in [7, 11) is 0. The molecule has 9 heteroatoms. The summed E-state index contributed by atoms with van der Waals surface area (Å²) in [4.78, 5) is 39.9. The second-order valence-electron chi connectivity index (χ2n) is 8.70. The SMILES string of the molecule is CCCC(C)NC(=O)C(c1cccc(O)c1)N(CC)C(=O)C(CO)NC(=O)OC(C)(C)C. The third-order valence-electron chi connectivity index (χ3n) is 4.65. The number of phenolic OH excluding ortho intramolecular Hbond substituents is 1. The maximum absolute atomic E-state index is 13.3. The van der Waals surface area contributed by atoms with E-state index < -0.39 is 42.2 Å². The molecule has 0 bridgehead atoms. The molecule has 0 fully saturated rings. The molecule has 0 spiro atoms. The van der Waals surface area contributed by atoms with Crippen LogP contribution < -0.4 is 10.6 Å². The number of aromatic hydroxyl groups is 1. The van der Waals surface area contributed by atoms with E-state index in [1.54, 1.807) is 39.8 Å². The third kappa shape index (κ3) is 8.37. The molecule has 180 valence electrons. The Balaban J connectivity index is 3.24. The number of alkyl carbamates (subject to hydrolysis) is 1. The van der Waals surface area contributed by atoms with Crippen LogP contribution in [0.3, 0.4) is 0 Å². The predicted octanol–water partition coefficient (Wildman–Crippen LogP) is 2.47. The number of ether oxygens (including phenoxy) is 1. The number of carbonyl (C=O) groups excluding carboxylic acids is 3. The highest BCUT2D eigenvalue weighted by molar-refractivity contribution is 5.92. The van der Waals surface area contributed by atoms with E-state index in [9.17, 15) is 24.6 Å². The van der Waals surface area contributed by atoms with Gasteiger partial charge in [0.25, 0.3) is 0 Å². The van der Waals surface area contributed by atoms with Crippen LogP contribution in [-0.2, 0) is 14.3 Å². The number of amides is 3. The lowest BCUT2D eigenvalue weighted by Crippen LogP contribution is -2.54. The standard InChI is InChI=1S/C23H37N3O6/c1-7-10-15(3)24-20(29)19(16-11-9-12-17(28)13-16)26(8-2)21(30)18(14-27)25-22(31)32-23(4,5)6/h9,11-13,15,18-19,27-28H,7-8,10,14H2,1-6H3,(H,24,29)(H,25,31). The Morgan fingerprint density at radius 3 is 2.31 bits per heavy atom. The van der Waals surface area contributed by atoms with Gasteiger partial charge in [-0.05, 0) is 58.7 Å². The summed E-state index contributed by atoms with van der Waals surface area (Å²) in [6.07, 6.45) is 0.787. The number of phenols is 1. The van der Waals surface area contributed by atoms with Crippen LogP contribution in [-0.4, -0.2) is 63.9 Å². The van der Waals surface area contributed by atoms with Gasteiger partial charge in [0, 0.05) is 12.6 Å². The maximum Gasteiger partial charge on any atom is 0.408 e. The fraction of sp³-hybridized carbons (Fsp3) is 0.609. The lowest BCUT2D eigenvalue weighted by Gasteiger charge is -2.34. The molecule has 0 heterocycles. The molecule has 0 saturated carbocycles. The number of nitrogens with one attached hydrogen (secondary N) is 2. The quantitative estimate of drug-likeness (QED) is 0.433. The molecule has 1 rings (SSSR count). The molecule has 1 aromatic carbocycles. The van der Waals surface area contributed by atoms with Gasteiger partial charge < -0.3 is 30.5 Å². The molecule has 3 unspecified atom stereocenters. The highest BCUT2D eigenvalue weighted by Crippen LogP contribution is 2.25. The fourth-order valence-corrected chi connectivity index (χ4v) is 3.30. The molecule has 32 heavy (non-hydrogen) atoms. The Kier molecular flexibility index (Phi) is 10.5. The van der Waals surface area contributed by atoms with E-state index >= 15 is 0 Å². The monoisotopic (exact) mass is 451 g/mol. The van der Waals surface area contributed by atoms with Crippen molar-refractivity contribution in [3.8, 4) is 5.75 Å². The summed E-state index contributed by atoms with van der Waals surface area (Å²) < 4.78 is 5.18. The van der Waals surface area contributed by atoms with Gasteiger partial charge in [-0.1, -0.05) is 25.5 Å². The first kappa shape index (κ1) is 27.2. The van der Waals surface area contributed by atoms with Crippen molar-refractivity contribution < 1.29 is 29.3 Å². The van der Waals surface area contributed by atoms with Gasteiger partial charge in [-0.3, -0.25) is 9.59 Å². The Morgan fingerprint density at radius 2 is 1.81 bits per heavy atom. The van der Waals surface area contributed by atoms with Crippen LogP contribution >= 0.6 is 0 Å². The van der Waals surface area contributed by atoms with Crippen LogP contribution in [0.25, 0.3) is 0 Å². The van der Waals surface area contributed by atoms with Crippen molar-refractivity contribution >= 4 is 17.9 Å². The van der Waals surface area contributed by atoms with Crippen LogP contribution in [0.2, 0.25) is 0 Å². The van der Waals surface area contributed by atoms with E-state index in [4.69, 9.17) is 4.74 Å². The van der Waals surface area contributed by atoms with Crippen LogP contribution in [0, 0.1) is 0 Å². The first-order chi connectivity index (χ1) is 14.9. The van der Waals surface area contributed by atoms with Crippen LogP contribution in [0.15, 0.2) is 24.3 Å². The number of hydrogen-bond acceptors (Lipinski definition) is 6. The summed E-state index contributed by atoms with van der Waals surface area (Å²) in [5, 5.41) is 25.0. The van der Waals surface area contributed by atoms with Gasteiger partial charge in [0.05, 0.1) is 6.61 Å². The fourth-order valence-electron chi connectivity index (χ4n) is 3.30. The topological polar surface area (TPSA) is 128 Å². The van der Waals surface area contributed by atoms with Crippen LogP contribution in [0.4, 0.5) is 4.79 Å². The van der Waals surface area contributed by atoms with Gasteiger partial charge >= 0.3 is 6.09 Å². The van der Waals surface area contributed by atoms with Crippen molar-refractivity contribution in [3.63, 3.8) is 0 Å². The number of aliphatic hydroxyl groups is 1. The minimum atomic E-state index is -1.30.